The highest BCUT2D eigenvalue weighted by Gasteiger charge is 2.41. The van der Waals surface area contributed by atoms with Crippen molar-refractivity contribution in [1.82, 2.24) is 19.8 Å². The van der Waals surface area contributed by atoms with Gasteiger partial charge in [-0.15, -0.1) is 0 Å². The van der Waals surface area contributed by atoms with Gasteiger partial charge >= 0.3 is 0 Å². The molecule has 6 nitrogen and oxygen atoms in total. The van der Waals surface area contributed by atoms with Gasteiger partial charge in [0.1, 0.15) is 0 Å². The largest absolute Gasteiger partial charge is 0.352 e. The molecule has 1 aliphatic heterocycles. The molecule has 0 bridgehead atoms. The third-order valence-electron chi connectivity index (χ3n) is 8.23. The van der Waals surface area contributed by atoms with E-state index in [-0.39, 0.29) is 18.0 Å². The molecule has 1 saturated heterocycles. The van der Waals surface area contributed by atoms with Crippen molar-refractivity contribution in [3.8, 4) is 0 Å². The van der Waals surface area contributed by atoms with E-state index in [1.807, 2.05) is 36.5 Å². The van der Waals surface area contributed by atoms with Gasteiger partial charge in [0.25, 0.3) is 0 Å². The molecule has 2 aromatic heterocycles. The lowest BCUT2D eigenvalue weighted by Crippen LogP contribution is -2.33. The molecule has 2 atom stereocenters. The van der Waals surface area contributed by atoms with Crippen LogP contribution in [0, 0.1) is 13.8 Å². The SMILES string of the molecule is CCc1ccccc1NC(=O)CCN1C(=S)N[C@H](c2ccccn2)[C@@H]1c1cc(C)n(C2CCCCC2)c1C. The minimum Gasteiger partial charge on any atom is -0.352 e. The summed E-state index contributed by atoms with van der Waals surface area (Å²) in [7, 11) is 0. The predicted molar refractivity (Wildman–Crippen MR) is 157 cm³/mol. The number of aromatic nitrogens is 2. The number of hydrogen-bond donors (Lipinski definition) is 2. The van der Waals surface area contributed by atoms with Crippen LogP contribution in [0.25, 0.3) is 0 Å². The quantitative estimate of drug-likeness (QED) is 0.323. The zero-order valence-electron chi connectivity index (χ0n) is 22.7. The van der Waals surface area contributed by atoms with Crippen LogP contribution in [-0.2, 0) is 11.2 Å². The maximum absolute atomic E-state index is 13.1. The number of benzene rings is 1. The summed E-state index contributed by atoms with van der Waals surface area (Å²) in [6.07, 6.45) is 9.48. The molecular formula is C31H39N5OS. The highest BCUT2D eigenvalue weighted by molar-refractivity contribution is 7.80. The van der Waals surface area contributed by atoms with Gasteiger partial charge in [-0.25, -0.2) is 0 Å². The Kier molecular flexibility index (Phi) is 8.12. The number of hydrogen-bond acceptors (Lipinski definition) is 3. The van der Waals surface area contributed by atoms with Gasteiger partial charge in [0.15, 0.2) is 5.11 Å². The maximum atomic E-state index is 13.1. The Labute approximate surface area is 231 Å². The Morgan fingerprint density at radius 3 is 2.61 bits per heavy atom. The molecule has 200 valence electrons. The second-order valence-electron chi connectivity index (χ2n) is 10.6. The Morgan fingerprint density at radius 1 is 1.11 bits per heavy atom. The first-order valence-electron chi connectivity index (χ1n) is 14.0. The molecule has 0 radical (unpaired) electrons. The van der Waals surface area contributed by atoms with Crippen LogP contribution in [0.2, 0.25) is 0 Å². The normalized spacial score (nSPS) is 20.0. The van der Waals surface area contributed by atoms with Crippen molar-refractivity contribution in [3.63, 3.8) is 0 Å². The minimum absolute atomic E-state index is 0.00131. The molecule has 38 heavy (non-hydrogen) atoms. The number of thiocarbonyl (C=S) groups is 1. The summed E-state index contributed by atoms with van der Waals surface area (Å²) in [5.74, 6) is 0.00131. The number of anilines is 1. The van der Waals surface area contributed by atoms with Gasteiger partial charge in [0, 0.05) is 42.3 Å². The average Bonchev–Trinajstić information content (AvgIpc) is 3.42. The van der Waals surface area contributed by atoms with E-state index in [9.17, 15) is 4.79 Å². The lowest BCUT2D eigenvalue weighted by Gasteiger charge is -2.29. The lowest BCUT2D eigenvalue weighted by atomic mass is 9.94. The molecule has 2 aliphatic rings. The zero-order chi connectivity index (χ0) is 26.6. The fourth-order valence-electron chi connectivity index (χ4n) is 6.37. The molecular weight excluding hydrogens is 490 g/mol. The first-order valence-corrected chi connectivity index (χ1v) is 14.4. The van der Waals surface area contributed by atoms with Crippen molar-refractivity contribution in [2.75, 3.05) is 11.9 Å². The summed E-state index contributed by atoms with van der Waals surface area (Å²) in [5, 5.41) is 7.35. The van der Waals surface area contributed by atoms with Crippen LogP contribution in [0.15, 0.2) is 54.7 Å². The van der Waals surface area contributed by atoms with Crippen LogP contribution in [0.3, 0.4) is 0 Å². The Bertz CT molecular complexity index is 1280. The number of carbonyl (C=O) groups is 1. The summed E-state index contributed by atoms with van der Waals surface area (Å²) >= 11 is 5.87. The van der Waals surface area contributed by atoms with Crippen molar-refractivity contribution in [2.45, 2.75) is 83.8 Å². The van der Waals surface area contributed by atoms with Crippen molar-refractivity contribution < 1.29 is 4.79 Å². The van der Waals surface area contributed by atoms with Gasteiger partial charge in [0.2, 0.25) is 5.91 Å². The van der Waals surface area contributed by atoms with Crippen molar-refractivity contribution >= 4 is 28.9 Å². The minimum atomic E-state index is -0.0760. The maximum Gasteiger partial charge on any atom is 0.226 e. The van der Waals surface area contributed by atoms with Crippen LogP contribution >= 0.6 is 12.2 Å². The van der Waals surface area contributed by atoms with Crippen LogP contribution < -0.4 is 10.6 Å². The fraction of sp³-hybridized carbons (Fsp3) is 0.452. The number of para-hydroxylation sites is 1. The lowest BCUT2D eigenvalue weighted by molar-refractivity contribution is -0.116. The number of pyridine rings is 1. The highest BCUT2D eigenvalue weighted by Crippen LogP contribution is 2.42. The fourth-order valence-corrected chi connectivity index (χ4v) is 6.71. The van der Waals surface area contributed by atoms with Crippen molar-refractivity contribution in [2.24, 2.45) is 0 Å². The Balaban J connectivity index is 1.42. The number of carbonyl (C=O) groups excluding carboxylic acids is 1. The van der Waals surface area contributed by atoms with Crippen LogP contribution in [-0.4, -0.2) is 32.0 Å². The van der Waals surface area contributed by atoms with E-state index in [0.29, 0.717) is 24.1 Å². The van der Waals surface area contributed by atoms with Gasteiger partial charge in [-0.05, 0) is 80.7 Å². The first-order chi connectivity index (χ1) is 18.5. The Hall–Kier alpha value is -3.19. The number of nitrogens with one attached hydrogen (secondary N) is 2. The summed E-state index contributed by atoms with van der Waals surface area (Å²) in [5.41, 5.74) is 6.87. The number of nitrogens with zero attached hydrogens (tertiary/aromatic N) is 3. The molecule has 7 heteroatoms. The van der Waals surface area contributed by atoms with Crippen molar-refractivity contribution in [3.05, 3.63) is 82.9 Å². The van der Waals surface area contributed by atoms with E-state index in [1.54, 1.807) is 0 Å². The standard InChI is InChI=1S/C31H39N5OS/c1-4-23-12-8-9-15-26(23)33-28(37)17-19-35-30(29(34-31(35)38)27-16-10-11-18-32-27)25-20-21(2)36(22(25)3)24-13-6-5-7-14-24/h8-12,15-16,18,20,24,29-30H,4-7,13-14,17,19H2,1-3H3,(H,33,37)(H,34,38)/t29-,30+/m1/s1. The summed E-state index contributed by atoms with van der Waals surface area (Å²) in [6, 6.07) is 16.8. The molecule has 0 unspecified atom stereocenters. The molecule has 2 N–H and O–H groups in total. The van der Waals surface area contributed by atoms with E-state index in [4.69, 9.17) is 12.2 Å². The van der Waals surface area contributed by atoms with Gasteiger partial charge in [-0.3, -0.25) is 9.78 Å². The number of rotatable bonds is 8. The molecule has 3 heterocycles. The van der Waals surface area contributed by atoms with Crippen molar-refractivity contribution in [1.29, 1.82) is 0 Å². The summed E-state index contributed by atoms with van der Waals surface area (Å²) in [6.45, 7) is 7.11. The smallest absolute Gasteiger partial charge is 0.226 e. The molecule has 1 aromatic carbocycles. The van der Waals surface area contributed by atoms with Gasteiger partial charge in [0.05, 0.1) is 17.8 Å². The van der Waals surface area contributed by atoms with E-state index < -0.39 is 0 Å². The molecule has 1 amide bonds. The second-order valence-corrected chi connectivity index (χ2v) is 11.0. The van der Waals surface area contributed by atoms with Gasteiger partial charge in [-0.1, -0.05) is 50.5 Å². The molecule has 0 spiro atoms. The van der Waals surface area contributed by atoms with Crippen LogP contribution in [0.1, 0.15) is 91.8 Å². The number of aryl methyl sites for hydroxylation is 2. The highest BCUT2D eigenvalue weighted by atomic mass is 32.1. The molecule has 1 saturated carbocycles. The molecule has 5 rings (SSSR count). The third-order valence-corrected chi connectivity index (χ3v) is 8.58. The third kappa shape index (κ3) is 5.35. The second kappa shape index (κ2) is 11.7. The molecule has 2 fully saturated rings. The predicted octanol–water partition coefficient (Wildman–Crippen LogP) is 6.57. The van der Waals surface area contributed by atoms with Crippen LogP contribution in [0.5, 0.6) is 0 Å². The van der Waals surface area contributed by atoms with Crippen LogP contribution in [0.4, 0.5) is 5.69 Å². The first kappa shape index (κ1) is 26.4. The molecule has 3 aromatic rings. The Morgan fingerprint density at radius 2 is 1.87 bits per heavy atom. The van der Waals surface area contributed by atoms with E-state index in [1.165, 1.54) is 49.1 Å². The van der Waals surface area contributed by atoms with E-state index in [2.05, 4.69) is 64.1 Å². The topological polar surface area (TPSA) is 62.2 Å². The van der Waals surface area contributed by atoms with Gasteiger partial charge in [-0.2, -0.15) is 0 Å². The summed E-state index contributed by atoms with van der Waals surface area (Å²) < 4.78 is 2.55. The summed E-state index contributed by atoms with van der Waals surface area (Å²) in [4.78, 5) is 19.9. The monoisotopic (exact) mass is 529 g/mol. The van der Waals surface area contributed by atoms with Gasteiger partial charge < -0.3 is 20.1 Å². The zero-order valence-corrected chi connectivity index (χ0v) is 23.6. The average molecular weight is 530 g/mol. The van der Waals surface area contributed by atoms with E-state index >= 15 is 0 Å². The molecule has 1 aliphatic carbocycles. The van der Waals surface area contributed by atoms with E-state index in [0.717, 1.165) is 23.4 Å². The number of amides is 1.